The van der Waals surface area contributed by atoms with Crippen LogP contribution in [-0.2, 0) is 6.42 Å². The Balaban J connectivity index is 2.19. The summed E-state index contributed by atoms with van der Waals surface area (Å²) < 4.78 is 7.28. The van der Waals surface area contributed by atoms with Gasteiger partial charge < -0.3 is 4.74 Å². The number of methoxy groups -OCH3 is 1. The number of imidazole rings is 1. The molecule has 2 heterocycles. The molecule has 19 heavy (non-hydrogen) atoms. The van der Waals surface area contributed by atoms with E-state index in [0.717, 1.165) is 27.7 Å². The Labute approximate surface area is 114 Å². The molecule has 0 aliphatic carbocycles. The normalized spacial score (nSPS) is 10.5. The molecule has 0 bridgehead atoms. The van der Waals surface area contributed by atoms with Crippen LogP contribution in [0.2, 0.25) is 0 Å². The summed E-state index contributed by atoms with van der Waals surface area (Å²) in [7, 11) is 1.65. The molecule has 0 radical (unpaired) electrons. The van der Waals surface area contributed by atoms with Gasteiger partial charge >= 0.3 is 0 Å². The molecule has 1 aromatic carbocycles. The summed E-state index contributed by atoms with van der Waals surface area (Å²) in [6, 6.07) is 10.1. The summed E-state index contributed by atoms with van der Waals surface area (Å²) >= 11 is 1.57. The van der Waals surface area contributed by atoms with Crippen molar-refractivity contribution in [3.05, 3.63) is 41.5 Å². The van der Waals surface area contributed by atoms with Crippen molar-refractivity contribution in [3.8, 4) is 23.1 Å². The minimum Gasteiger partial charge on any atom is -0.497 e. The van der Waals surface area contributed by atoms with Gasteiger partial charge in [0.25, 0.3) is 0 Å². The second-order valence-electron chi connectivity index (χ2n) is 4.06. The molecule has 4 nitrogen and oxygen atoms in total. The third-order valence-electron chi connectivity index (χ3n) is 2.95. The maximum absolute atomic E-state index is 8.87. The molecule has 0 atom stereocenters. The molecule has 0 N–H and O–H groups in total. The van der Waals surface area contributed by atoms with Crippen LogP contribution in [0.4, 0.5) is 0 Å². The number of hydrogen-bond donors (Lipinski definition) is 0. The van der Waals surface area contributed by atoms with E-state index in [9.17, 15) is 0 Å². The van der Waals surface area contributed by atoms with Crippen molar-refractivity contribution in [2.45, 2.75) is 6.42 Å². The molecular weight excluding hydrogens is 258 g/mol. The number of hydrogen-bond acceptors (Lipinski definition) is 4. The minimum absolute atomic E-state index is 0.356. The first-order valence-electron chi connectivity index (χ1n) is 5.78. The van der Waals surface area contributed by atoms with Crippen LogP contribution in [0.25, 0.3) is 16.2 Å². The van der Waals surface area contributed by atoms with Crippen LogP contribution in [0.5, 0.6) is 5.75 Å². The molecule has 2 aromatic heterocycles. The zero-order chi connectivity index (χ0) is 13.2. The smallest absolute Gasteiger partial charge is 0.194 e. The second-order valence-corrected chi connectivity index (χ2v) is 4.89. The van der Waals surface area contributed by atoms with Gasteiger partial charge in [0.05, 0.1) is 37.2 Å². The van der Waals surface area contributed by atoms with Crippen LogP contribution >= 0.6 is 11.3 Å². The summed E-state index contributed by atoms with van der Waals surface area (Å²) in [5.41, 5.74) is 3.01. The van der Waals surface area contributed by atoms with Crippen molar-refractivity contribution in [2.24, 2.45) is 0 Å². The first kappa shape index (κ1) is 11.8. The van der Waals surface area contributed by atoms with Gasteiger partial charge in [-0.05, 0) is 12.1 Å². The minimum atomic E-state index is 0.356. The molecular formula is C14H11N3OS. The summed E-state index contributed by atoms with van der Waals surface area (Å²) in [5.74, 6) is 0.818. The lowest BCUT2D eigenvalue weighted by Gasteiger charge is -2.05. The van der Waals surface area contributed by atoms with Crippen LogP contribution in [0.3, 0.4) is 0 Å². The van der Waals surface area contributed by atoms with E-state index in [1.54, 1.807) is 24.6 Å². The number of aromatic nitrogens is 2. The fourth-order valence-corrected chi connectivity index (χ4v) is 2.95. The van der Waals surface area contributed by atoms with Crippen molar-refractivity contribution < 1.29 is 4.74 Å². The fraction of sp³-hybridized carbons (Fsp3) is 0.143. The van der Waals surface area contributed by atoms with Gasteiger partial charge in [0.2, 0.25) is 0 Å². The lowest BCUT2D eigenvalue weighted by atomic mass is 10.1. The van der Waals surface area contributed by atoms with Gasteiger partial charge in [0, 0.05) is 10.9 Å². The first-order valence-corrected chi connectivity index (χ1v) is 6.66. The fourth-order valence-electron chi connectivity index (χ4n) is 2.06. The summed E-state index contributed by atoms with van der Waals surface area (Å²) in [4.78, 5) is 5.23. The van der Waals surface area contributed by atoms with Crippen LogP contribution in [0.1, 0.15) is 5.69 Å². The van der Waals surface area contributed by atoms with Crippen molar-refractivity contribution in [1.82, 2.24) is 9.38 Å². The molecule has 94 valence electrons. The third-order valence-corrected chi connectivity index (χ3v) is 3.78. The molecule has 0 saturated heterocycles. The van der Waals surface area contributed by atoms with Gasteiger partial charge in [-0.15, -0.1) is 11.3 Å². The Hall–Kier alpha value is -2.32. The predicted octanol–water partition coefficient (Wildman–Crippen LogP) is 3.14. The largest absolute Gasteiger partial charge is 0.497 e. The first-order chi connectivity index (χ1) is 9.33. The highest BCUT2D eigenvalue weighted by molar-refractivity contribution is 7.15. The molecule has 0 amide bonds. The number of ether oxygens (including phenoxy) is 1. The Bertz CT molecular complexity index is 766. The average molecular weight is 269 g/mol. The number of rotatable bonds is 3. The van der Waals surface area contributed by atoms with E-state index in [0.29, 0.717) is 6.42 Å². The van der Waals surface area contributed by atoms with Crippen LogP contribution < -0.4 is 4.74 Å². The lowest BCUT2D eigenvalue weighted by molar-refractivity contribution is 0.415. The van der Waals surface area contributed by atoms with Gasteiger partial charge in [-0.3, -0.25) is 4.40 Å². The van der Waals surface area contributed by atoms with Gasteiger partial charge in [-0.2, -0.15) is 5.26 Å². The quantitative estimate of drug-likeness (QED) is 0.734. The Morgan fingerprint density at radius 3 is 3.16 bits per heavy atom. The molecule has 0 unspecified atom stereocenters. The summed E-state index contributed by atoms with van der Waals surface area (Å²) in [6.07, 6.45) is 2.12. The van der Waals surface area contributed by atoms with E-state index in [1.165, 1.54) is 0 Å². The van der Waals surface area contributed by atoms with Crippen molar-refractivity contribution in [2.75, 3.05) is 7.11 Å². The lowest BCUT2D eigenvalue weighted by Crippen LogP contribution is -1.92. The summed E-state index contributed by atoms with van der Waals surface area (Å²) in [6.45, 7) is 0. The van der Waals surface area contributed by atoms with E-state index >= 15 is 0 Å². The molecule has 0 aliphatic heterocycles. The van der Waals surface area contributed by atoms with Gasteiger partial charge in [-0.25, -0.2) is 4.98 Å². The van der Waals surface area contributed by atoms with Crippen molar-refractivity contribution in [1.29, 1.82) is 5.26 Å². The number of thiazole rings is 1. The highest BCUT2D eigenvalue weighted by Crippen LogP contribution is 2.29. The number of fused-ring (bicyclic) bond motifs is 1. The van der Waals surface area contributed by atoms with E-state index < -0.39 is 0 Å². The third kappa shape index (κ3) is 1.96. The summed E-state index contributed by atoms with van der Waals surface area (Å²) in [5, 5.41) is 10.9. The van der Waals surface area contributed by atoms with Crippen molar-refractivity contribution in [3.63, 3.8) is 0 Å². The Kier molecular flexibility index (Phi) is 2.94. The highest BCUT2D eigenvalue weighted by Gasteiger charge is 2.11. The maximum atomic E-state index is 8.87. The SMILES string of the molecule is COc1cccc(-c2csc3ncc(CC#N)n23)c1. The van der Waals surface area contributed by atoms with Crippen LogP contribution in [0.15, 0.2) is 35.8 Å². The average Bonchev–Trinajstić information content (AvgIpc) is 3.02. The number of nitrogens with zero attached hydrogens (tertiary/aromatic N) is 3. The van der Waals surface area contributed by atoms with Crippen LogP contribution in [0, 0.1) is 11.3 Å². The predicted molar refractivity (Wildman–Crippen MR) is 74.4 cm³/mol. The van der Waals surface area contributed by atoms with E-state index in [-0.39, 0.29) is 0 Å². The van der Waals surface area contributed by atoms with E-state index in [4.69, 9.17) is 10.00 Å². The van der Waals surface area contributed by atoms with E-state index in [2.05, 4.69) is 16.4 Å². The Morgan fingerprint density at radius 1 is 1.47 bits per heavy atom. The van der Waals surface area contributed by atoms with Gasteiger partial charge in [0.15, 0.2) is 4.96 Å². The molecule has 5 heteroatoms. The number of benzene rings is 1. The molecule has 3 rings (SSSR count). The second kappa shape index (κ2) is 4.75. The maximum Gasteiger partial charge on any atom is 0.194 e. The van der Waals surface area contributed by atoms with Gasteiger partial charge in [-0.1, -0.05) is 12.1 Å². The Morgan fingerprint density at radius 2 is 2.37 bits per heavy atom. The van der Waals surface area contributed by atoms with Crippen LogP contribution in [-0.4, -0.2) is 16.5 Å². The molecule has 0 aliphatic rings. The highest BCUT2D eigenvalue weighted by atomic mass is 32.1. The van der Waals surface area contributed by atoms with Gasteiger partial charge in [0.1, 0.15) is 5.75 Å². The monoisotopic (exact) mass is 269 g/mol. The molecule has 0 fully saturated rings. The zero-order valence-electron chi connectivity index (χ0n) is 10.3. The van der Waals surface area contributed by atoms with Crippen molar-refractivity contribution >= 4 is 16.3 Å². The molecule has 0 saturated carbocycles. The van der Waals surface area contributed by atoms with E-state index in [1.807, 2.05) is 28.7 Å². The molecule has 0 spiro atoms. The number of nitriles is 1. The molecule has 3 aromatic rings. The standard InChI is InChI=1S/C14H11N3OS/c1-18-12-4-2-3-10(7-12)13-9-19-14-16-8-11(5-6-15)17(13)14/h2-4,7-9H,5H2,1H3. The zero-order valence-corrected chi connectivity index (χ0v) is 11.1. The topological polar surface area (TPSA) is 50.3 Å².